The monoisotopic (exact) mass is 274 g/mol. The number of hydrogen-bond donors (Lipinski definition) is 3. The van der Waals surface area contributed by atoms with Gasteiger partial charge in [0.25, 0.3) is 0 Å². The van der Waals surface area contributed by atoms with Gasteiger partial charge in [-0.25, -0.2) is 10.0 Å². The van der Waals surface area contributed by atoms with E-state index in [1.807, 2.05) is 11.9 Å². The molecule has 1 unspecified atom stereocenters. The summed E-state index contributed by atoms with van der Waals surface area (Å²) in [5, 5.41) is 13.0. The Labute approximate surface area is 118 Å². The lowest BCUT2D eigenvalue weighted by molar-refractivity contribution is 0.0400. The average Bonchev–Trinajstić information content (AvgIpc) is 2.24. The van der Waals surface area contributed by atoms with Gasteiger partial charge in [-0.2, -0.15) is 0 Å². The molecule has 0 aliphatic heterocycles. The van der Waals surface area contributed by atoms with E-state index in [-0.39, 0.29) is 23.5 Å². The molecule has 19 heavy (non-hydrogen) atoms. The fourth-order valence-electron chi connectivity index (χ4n) is 2.56. The Morgan fingerprint density at radius 3 is 1.95 bits per heavy atom. The van der Waals surface area contributed by atoms with Crippen LogP contribution in [0.3, 0.4) is 0 Å². The third-order valence-corrected chi connectivity index (χ3v) is 3.35. The van der Waals surface area contributed by atoms with E-state index in [0.717, 1.165) is 13.0 Å². The van der Waals surface area contributed by atoms with Gasteiger partial charge in [-0.15, -0.1) is 0 Å². The van der Waals surface area contributed by atoms with Crippen LogP contribution in [0.5, 0.6) is 0 Å². The van der Waals surface area contributed by atoms with Crippen LogP contribution < -0.4 is 11.7 Å². The molecule has 0 aromatic rings. The third kappa shape index (κ3) is 7.84. The quantitative estimate of drug-likeness (QED) is 0.457. The molecular formula is C14H34N4O. The zero-order valence-electron chi connectivity index (χ0n) is 13.6. The highest BCUT2D eigenvalue weighted by molar-refractivity contribution is 4.84. The molecule has 0 aliphatic rings. The summed E-state index contributed by atoms with van der Waals surface area (Å²) in [4.78, 5) is 0. The van der Waals surface area contributed by atoms with Crippen molar-refractivity contribution in [2.24, 2.45) is 23.0 Å². The Kier molecular flexibility index (Phi) is 7.47. The number of rotatable bonds is 8. The first kappa shape index (κ1) is 18.8. The Bertz CT molecular complexity index is 250. The highest BCUT2D eigenvalue weighted by atomic mass is 16.3. The topological polar surface area (TPSA) is 78.8 Å². The first-order chi connectivity index (χ1) is 8.51. The fourth-order valence-corrected chi connectivity index (χ4v) is 2.56. The van der Waals surface area contributed by atoms with Crippen LogP contribution in [0.2, 0.25) is 0 Å². The van der Waals surface area contributed by atoms with E-state index in [1.165, 1.54) is 0 Å². The molecule has 0 aromatic heterocycles. The molecule has 116 valence electrons. The Hall–Kier alpha value is -0.200. The largest absolute Gasteiger partial charge is 0.396 e. The van der Waals surface area contributed by atoms with Crippen molar-refractivity contribution in [2.45, 2.75) is 53.5 Å². The lowest BCUT2D eigenvalue weighted by Crippen LogP contribution is -2.54. The maximum absolute atomic E-state index is 9.45. The number of nitrogens with zero attached hydrogens (tertiary/aromatic N) is 2. The van der Waals surface area contributed by atoms with Gasteiger partial charge in [0.2, 0.25) is 0 Å². The molecule has 0 fully saturated rings. The minimum Gasteiger partial charge on any atom is -0.396 e. The summed E-state index contributed by atoms with van der Waals surface area (Å²) in [5.74, 6) is 12.1. The first-order valence-electron chi connectivity index (χ1n) is 7.14. The molecule has 0 aromatic carbocycles. The number of aliphatic hydroxyl groups excluding tert-OH is 1. The Balaban J connectivity index is 4.50. The molecule has 0 bridgehead atoms. The zero-order valence-corrected chi connectivity index (χ0v) is 13.6. The standard InChI is InChI=1S/C14H34N4O/c1-7-17(15)8-12(10-19)9-18(16)14(5,6)11-13(2,3)4/h12,19H,7-11,15-16H2,1-6H3. The molecule has 0 saturated heterocycles. The summed E-state index contributed by atoms with van der Waals surface area (Å²) >= 11 is 0. The molecule has 0 saturated carbocycles. The number of hydrogen-bond acceptors (Lipinski definition) is 5. The van der Waals surface area contributed by atoms with E-state index in [4.69, 9.17) is 11.7 Å². The van der Waals surface area contributed by atoms with Crippen molar-refractivity contribution in [3.63, 3.8) is 0 Å². The summed E-state index contributed by atoms with van der Waals surface area (Å²) in [6.07, 6.45) is 0.995. The predicted molar refractivity (Wildman–Crippen MR) is 81.1 cm³/mol. The number of hydrazine groups is 2. The molecule has 5 nitrogen and oxygen atoms in total. The van der Waals surface area contributed by atoms with Gasteiger partial charge in [0, 0.05) is 37.7 Å². The normalized spacial score (nSPS) is 15.3. The van der Waals surface area contributed by atoms with Crippen molar-refractivity contribution in [1.29, 1.82) is 0 Å². The third-order valence-electron chi connectivity index (χ3n) is 3.35. The van der Waals surface area contributed by atoms with Gasteiger partial charge >= 0.3 is 0 Å². The van der Waals surface area contributed by atoms with E-state index in [1.54, 1.807) is 5.01 Å². The first-order valence-corrected chi connectivity index (χ1v) is 7.14. The SMILES string of the molecule is CCN(N)CC(CO)CN(N)C(C)(C)CC(C)(C)C. The fraction of sp³-hybridized carbons (Fsp3) is 1.00. The van der Waals surface area contributed by atoms with E-state index < -0.39 is 0 Å². The van der Waals surface area contributed by atoms with Gasteiger partial charge in [0.1, 0.15) is 0 Å². The second kappa shape index (κ2) is 7.55. The summed E-state index contributed by atoms with van der Waals surface area (Å²) < 4.78 is 0. The van der Waals surface area contributed by atoms with Gasteiger partial charge in [0.05, 0.1) is 0 Å². The molecule has 1 atom stereocenters. The average molecular weight is 274 g/mol. The maximum atomic E-state index is 9.45. The van der Waals surface area contributed by atoms with Crippen LogP contribution in [0.25, 0.3) is 0 Å². The minimum absolute atomic E-state index is 0.0780. The van der Waals surface area contributed by atoms with Gasteiger partial charge < -0.3 is 5.11 Å². The lowest BCUT2D eigenvalue weighted by Gasteiger charge is -2.41. The highest BCUT2D eigenvalue weighted by Gasteiger charge is 2.31. The van der Waals surface area contributed by atoms with Crippen molar-refractivity contribution in [2.75, 3.05) is 26.2 Å². The maximum Gasteiger partial charge on any atom is 0.0484 e. The van der Waals surface area contributed by atoms with E-state index >= 15 is 0 Å². The Morgan fingerprint density at radius 2 is 1.58 bits per heavy atom. The molecule has 0 amide bonds. The molecule has 5 heteroatoms. The molecule has 0 rings (SSSR count). The smallest absolute Gasteiger partial charge is 0.0484 e. The molecule has 0 radical (unpaired) electrons. The van der Waals surface area contributed by atoms with Crippen LogP contribution in [-0.4, -0.2) is 46.9 Å². The summed E-state index contributed by atoms with van der Waals surface area (Å²) in [7, 11) is 0. The van der Waals surface area contributed by atoms with Gasteiger partial charge in [0.15, 0.2) is 0 Å². The molecule has 5 N–H and O–H groups in total. The van der Waals surface area contributed by atoms with Crippen LogP contribution in [0.1, 0.15) is 48.0 Å². The molecule has 0 heterocycles. The van der Waals surface area contributed by atoms with Crippen molar-refractivity contribution in [1.82, 2.24) is 10.0 Å². The van der Waals surface area contributed by atoms with Crippen LogP contribution in [0.15, 0.2) is 0 Å². The van der Waals surface area contributed by atoms with E-state index in [0.29, 0.717) is 13.1 Å². The zero-order chi connectivity index (χ0) is 15.3. The van der Waals surface area contributed by atoms with Crippen LogP contribution in [0, 0.1) is 11.3 Å². The highest BCUT2D eigenvalue weighted by Crippen LogP contribution is 2.30. The Morgan fingerprint density at radius 1 is 1.05 bits per heavy atom. The summed E-state index contributed by atoms with van der Waals surface area (Å²) in [6, 6.07) is 0. The molecule has 0 spiro atoms. The minimum atomic E-state index is -0.0999. The lowest BCUT2D eigenvalue weighted by atomic mass is 9.81. The molecular weight excluding hydrogens is 240 g/mol. The van der Waals surface area contributed by atoms with Crippen molar-refractivity contribution in [3.8, 4) is 0 Å². The van der Waals surface area contributed by atoms with Crippen molar-refractivity contribution < 1.29 is 5.11 Å². The van der Waals surface area contributed by atoms with Gasteiger partial charge in [-0.05, 0) is 25.7 Å². The predicted octanol–water partition coefficient (Wildman–Crippen LogP) is 1.18. The van der Waals surface area contributed by atoms with Crippen molar-refractivity contribution in [3.05, 3.63) is 0 Å². The summed E-state index contributed by atoms with van der Waals surface area (Å²) in [5.41, 5.74) is 0.121. The van der Waals surface area contributed by atoms with Crippen LogP contribution >= 0.6 is 0 Å². The second-order valence-electron chi connectivity index (χ2n) is 7.34. The van der Waals surface area contributed by atoms with Gasteiger partial charge in [-0.1, -0.05) is 27.7 Å². The van der Waals surface area contributed by atoms with Crippen LogP contribution in [0.4, 0.5) is 0 Å². The van der Waals surface area contributed by atoms with Gasteiger partial charge in [-0.3, -0.25) is 11.7 Å². The molecule has 0 aliphatic carbocycles. The second-order valence-corrected chi connectivity index (χ2v) is 7.34. The number of aliphatic hydroxyl groups is 1. The van der Waals surface area contributed by atoms with E-state index in [9.17, 15) is 5.11 Å². The van der Waals surface area contributed by atoms with E-state index in [2.05, 4.69) is 34.6 Å². The van der Waals surface area contributed by atoms with Crippen molar-refractivity contribution >= 4 is 0 Å². The number of nitrogens with two attached hydrogens (primary N) is 2. The summed E-state index contributed by atoms with van der Waals surface area (Å²) in [6.45, 7) is 15.1. The van der Waals surface area contributed by atoms with Crippen LogP contribution in [-0.2, 0) is 0 Å².